The molecule has 2 amide bonds. The smallest absolute Gasteiger partial charge is 0.418 e. The molecule has 2 aliphatic carbocycles. The van der Waals surface area contributed by atoms with Crippen LogP contribution >= 0.6 is 0 Å². The van der Waals surface area contributed by atoms with Crippen LogP contribution in [0.25, 0.3) is 0 Å². The van der Waals surface area contributed by atoms with E-state index in [0.717, 1.165) is 44.8 Å². The third-order valence-corrected chi connectivity index (χ3v) is 7.72. The van der Waals surface area contributed by atoms with Crippen LogP contribution in [-0.4, -0.2) is 81.7 Å². The average Bonchev–Trinajstić information content (AvgIpc) is 2.67. The molecule has 2 aliphatic heterocycles. The van der Waals surface area contributed by atoms with Crippen LogP contribution in [0, 0.1) is 17.8 Å². The highest BCUT2D eigenvalue weighted by atomic mass is 19.4. The number of aliphatic hydroxyl groups excluding tert-OH is 1. The maximum atomic E-state index is 12.8. The van der Waals surface area contributed by atoms with E-state index in [2.05, 4.69) is 4.98 Å². The number of halogens is 3. The van der Waals surface area contributed by atoms with Gasteiger partial charge in [0, 0.05) is 43.1 Å². The number of ether oxygens (including phenoxy) is 3. The van der Waals surface area contributed by atoms with Crippen molar-refractivity contribution in [1.29, 1.82) is 0 Å². The Morgan fingerprint density at radius 1 is 0.854 bits per heavy atom. The summed E-state index contributed by atoms with van der Waals surface area (Å²) in [6.45, 7) is 15.2. The second-order valence-corrected chi connectivity index (χ2v) is 14.2. The van der Waals surface area contributed by atoms with Crippen LogP contribution < -0.4 is 4.74 Å². The second-order valence-electron chi connectivity index (χ2n) is 14.2. The molecule has 2 saturated heterocycles. The Morgan fingerprint density at radius 3 is 1.66 bits per heavy atom. The fourth-order valence-corrected chi connectivity index (χ4v) is 5.96. The highest BCUT2D eigenvalue weighted by Crippen LogP contribution is 2.50. The molecule has 9 nitrogen and oxygen atoms in total. The van der Waals surface area contributed by atoms with Crippen LogP contribution in [-0.2, 0) is 15.7 Å². The fraction of sp³-hybridized carbons (Fsp3) is 0.759. The van der Waals surface area contributed by atoms with Crippen molar-refractivity contribution >= 4 is 12.2 Å². The fourth-order valence-electron chi connectivity index (χ4n) is 5.96. The number of aryl methyl sites for hydroxylation is 1. The summed E-state index contributed by atoms with van der Waals surface area (Å²) in [6.07, 6.45) is -1.99. The number of hydrogen-bond donors (Lipinski definition) is 1. The molecule has 1 N–H and O–H groups in total. The van der Waals surface area contributed by atoms with Gasteiger partial charge in [0.1, 0.15) is 17.3 Å². The number of nitrogens with zero attached hydrogens (tertiary/aromatic N) is 3. The van der Waals surface area contributed by atoms with Gasteiger partial charge in [0.25, 0.3) is 0 Å². The number of amides is 2. The molecule has 0 bridgehead atoms. The minimum Gasteiger partial charge on any atom is -0.474 e. The molecule has 4 aliphatic rings. The van der Waals surface area contributed by atoms with Gasteiger partial charge in [0.05, 0.1) is 17.4 Å². The predicted octanol–water partition coefficient (Wildman–Crippen LogP) is 5.57. The molecule has 230 valence electrons. The van der Waals surface area contributed by atoms with Crippen molar-refractivity contribution in [3.05, 3.63) is 23.4 Å². The van der Waals surface area contributed by atoms with Gasteiger partial charge in [-0.3, -0.25) is 0 Å². The maximum Gasteiger partial charge on any atom is 0.418 e. The lowest BCUT2D eigenvalue weighted by molar-refractivity contribution is -0.138. The Morgan fingerprint density at radius 2 is 1.29 bits per heavy atom. The van der Waals surface area contributed by atoms with Crippen LogP contribution in [0.2, 0.25) is 0 Å². The molecule has 2 spiro atoms. The van der Waals surface area contributed by atoms with E-state index in [1.165, 1.54) is 13.0 Å². The SMILES string of the molecule is CC(C)(C)OC(=O)N1CC2(CC(O)C2)C1.Cc1nc(OC2CC3(C2)CN(C(=O)OC(C)(C)C)C3)ccc1C(F)(F)F. The first kappa shape index (κ1) is 31.2. The highest BCUT2D eigenvalue weighted by molar-refractivity contribution is 5.70. The lowest BCUT2D eigenvalue weighted by Crippen LogP contribution is -2.66. The Hall–Kier alpha value is -2.76. The number of aromatic nitrogens is 1. The quantitative estimate of drug-likeness (QED) is 0.485. The van der Waals surface area contributed by atoms with Gasteiger partial charge in [-0.15, -0.1) is 0 Å². The number of hydrogen-bond acceptors (Lipinski definition) is 7. The van der Waals surface area contributed by atoms with Gasteiger partial charge in [0.2, 0.25) is 5.88 Å². The van der Waals surface area contributed by atoms with Crippen LogP contribution in [0.15, 0.2) is 12.1 Å². The van der Waals surface area contributed by atoms with E-state index in [0.29, 0.717) is 13.1 Å². The molecule has 3 heterocycles. The van der Waals surface area contributed by atoms with Crippen molar-refractivity contribution in [3.8, 4) is 5.88 Å². The summed E-state index contributed by atoms with van der Waals surface area (Å²) in [5, 5.41) is 9.23. The molecule has 12 heteroatoms. The molecule has 1 aromatic heterocycles. The Kier molecular flexibility index (Phi) is 7.99. The molecule has 0 unspecified atom stereocenters. The number of carbonyl (C=O) groups excluding carboxylic acids is 2. The number of aliphatic hydroxyl groups is 1. The number of rotatable bonds is 2. The summed E-state index contributed by atoms with van der Waals surface area (Å²) in [7, 11) is 0. The largest absolute Gasteiger partial charge is 0.474 e. The number of pyridine rings is 1. The van der Waals surface area contributed by atoms with Crippen molar-refractivity contribution in [2.45, 2.75) is 104 Å². The summed E-state index contributed by atoms with van der Waals surface area (Å²) in [4.78, 5) is 30.9. The summed E-state index contributed by atoms with van der Waals surface area (Å²) in [5.74, 6) is 0.207. The number of carbonyl (C=O) groups is 2. The first-order valence-electron chi connectivity index (χ1n) is 14.0. The topological polar surface area (TPSA) is 101 Å². The monoisotopic (exact) mass is 585 g/mol. The molecular weight excluding hydrogens is 543 g/mol. The molecule has 0 radical (unpaired) electrons. The molecule has 0 aromatic carbocycles. The predicted molar refractivity (Wildman–Crippen MR) is 143 cm³/mol. The summed E-state index contributed by atoms with van der Waals surface area (Å²) < 4.78 is 54.6. The third-order valence-electron chi connectivity index (χ3n) is 7.72. The second kappa shape index (κ2) is 10.5. The maximum absolute atomic E-state index is 12.8. The zero-order valence-corrected chi connectivity index (χ0v) is 24.9. The Balaban J connectivity index is 0.000000218. The molecule has 0 atom stereocenters. The van der Waals surface area contributed by atoms with E-state index in [4.69, 9.17) is 14.2 Å². The van der Waals surface area contributed by atoms with E-state index in [-0.39, 0.29) is 46.8 Å². The molecule has 2 saturated carbocycles. The number of alkyl halides is 3. The van der Waals surface area contributed by atoms with Gasteiger partial charge in [0.15, 0.2) is 0 Å². The summed E-state index contributed by atoms with van der Waals surface area (Å²) in [5.41, 5.74) is -1.51. The van der Waals surface area contributed by atoms with E-state index in [9.17, 15) is 27.9 Å². The lowest BCUT2D eigenvalue weighted by atomic mass is 9.62. The number of likely N-dealkylation sites (tertiary alicyclic amines) is 2. The molecule has 4 fully saturated rings. The normalized spacial score (nSPS) is 22.9. The van der Waals surface area contributed by atoms with Gasteiger partial charge in [-0.25, -0.2) is 14.6 Å². The first-order chi connectivity index (χ1) is 18.7. The van der Waals surface area contributed by atoms with Gasteiger partial charge in [-0.05, 0) is 80.2 Å². The van der Waals surface area contributed by atoms with E-state index >= 15 is 0 Å². The van der Waals surface area contributed by atoms with Crippen molar-refractivity contribution in [1.82, 2.24) is 14.8 Å². The van der Waals surface area contributed by atoms with Gasteiger partial charge in [-0.1, -0.05) is 0 Å². The molecule has 1 aromatic rings. The van der Waals surface area contributed by atoms with E-state index in [1.807, 2.05) is 41.5 Å². The van der Waals surface area contributed by atoms with Gasteiger partial charge >= 0.3 is 18.4 Å². The lowest BCUT2D eigenvalue weighted by Gasteiger charge is -2.57. The first-order valence-corrected chi connectivity index (χ1v) is 14.0. The van der Waals surface area contributed by atoms with Gasteiger partial charge in [-0.2, -0.15) is 13.2 Å². The Labute approximate surface area is 239 Å². The van der Waals surface area contributed by atoms with E-state index in [1.54, 1.807) is 9.80 Å². The summed E-state index contributed by atoms with van der Waals surface area (Å²) in [6, 6.07) is 2.26. The van der Waals surface area contributed by atoms with Gasteiger partial charge < -0.3 is 29.1 Å². The minimum absolute atomic E-state index is 0.0442. The minimum atomic E-state index is -4.41. The van der Waals surface area contributed by atoms with Crippen LogP contribution in [0.4, 0.5) is 22.8 Å². The average molecular weight is 586 g/mol. The van der Waals surface area contributed by atoms with Crippen LogP contribution in [0.5, 0.6) is 5.88 Å². The van der Waals surface area contributed by atoms with Crippen LogP contribution in [0.3, 0.4) is 0 Å². The van der Waals surface area contributed by atoms with Crippen LogP contribution in [0.1, 0.15) is 78.5 Å². The molecule has 5 rings (SSSR count). The molecular formula is C29H42F3N3O6. The van der Waals surface area contributed by atoms with Crippen molar-refractivity contribution in [3.63, 3.8) is 0 Å². The Bertz CT molecular complexity index is 1130. The van der Waals surface area contributed by atoms with E-state index < -0.39 is 22.9 Å². The zero-order chi connectivity index (χ0) is 30.6. The van der Waals surface area contributed by atoms with Crippen molar-refractivity contribution in [2.75, 3.05) is 26.2 Å². The van der Waals surface area contributed by atoms with Crippen molar-refractivity contribution in [2.24, 2.45) is 10.8 Å². The summed E-state index contributed by atoms with van der Waals surface area (Å²) >= 11 is 0. The third kappa shape index (κ3) is 7.55. The standard InChI is InChI=1S/C18H23F3N2O3.C11H19NO3/c1-11-13(18(19,20)21)5-6-14(22-11)25-12-7-17(8-12)9-23(10-17)15(24)26-16(2,3)4;1-10(2,3)15-9(14)12-6-11(7-12)4-8(13)5-11/h5-6,12H,7-10H2,1-4H3;8,13H,4-7H2,1-3H3. The van der Waals surface area contributed by atoms with Crippen molar-refractivity contribution < 1.29 is 42.1 Å². The zero-order valence-electron chi connectivity index (χ0n) is 24.9. The molecule has 41 heavy (non-hydrogen) atoms. The highest BCUT2D eigenvalue weighted by Gasteiger charge is 2.56.